The molecule has 6 rings (SSSR count). The lowest BCUT2D eigenvalue weighted by Gasteiger charge is -2.44. The number of aliphatic hydroxyl groups is 1. The van der Waals surface area contributed by atoms with E-state index in [-0.39, 0.29) is 6.61 Å². The van der Waals surface area contributed by atoms with Gasteiger partial charge in [0.15, 0.2) is 0 Å². The molecule has 4 nitrogen and oxygen atoms in total. The zero-order valence-electron chi connectivity index (χ0n) is 29.0. The van der Waals surface area contributed by atoms with E-state index in [0.717, 1.165) is 31.2 Å². The molecule has 4 aromatic rings. The van der Waals surface area contributed by atoms with Crippen LogP contribution in [-0.4, -0.2) is 60.4 Å². The molecule has 2 fully saturated rings. The van der Waals surface area contributed by atoms with Crippen LogP contribution in [-0.2, 0) is 4.74 Å². The third-order valence-electron chi connectivity index (χ3n) is 8.94. The average molecular weight is 631 g/mol. The Bertz CT molecular complexity index is 1400. The lowest BCUT2D eigenvalue weighted by molar-refractivity contribution is -0.0589. The van der Waals surface area contributed by atoms with E-state index in [1.54, 1.807) is 0 Å². The first kappa shape index (κ1) is 36.0. The molecule has 0 unspecified atom stereocenters. The van der Waals surface area contributed by atoms with Crippen LogP contribution in [0.25, 0.3) is 0 Å². The van der Waals surface area contributed by atoms with E-state index >= 15 is 0 Å². The molecule has 248 valence electrons. The van der Waals surface area contributed by atoms with Gasteiger partial charge in [-0.3, -0.25) is 9.80 Å². The van der Waals surface area contributed by atoms with Gasteiger partial charge in [0.25, 0.3) is 0 Å². The average Bonchev–Trinajstić information content (AvgIpc) is 3.10. The van der Waals surface area contributed by atoms with Gasteiger partial charge in [-0.05, 0) is 55.9 Å². The van der Waals surface area contributed by atoms with Gasteiger partial charge in [0.1, 0.15) is 0 Å². The van der Waals surface area contributed by atoms with Crippen molar-refractivity contribution in [2.24, 2.45) is 5.92 Å². The molecule has 1 N–H and O–H groups in total. The summed E-state index contributed by atoms with van der Waals surface area (Å²) < 4.78 is 5.97. The Labute approximate surface area is 284 Å². The molecule has 0 aromatic heterocycles. The number of likely N-dealkylation sites (tertiary alicyclic amines) is 2. The number of aliphatic hydroxyl groups excluding tert-OH is 1. The molecule has 0 radical (unpaired) electrons. The smallest absolute Gasteiger partial charge is 0.0833 e. The van der Waals surface area contributed by atoms with E-state index < -0.39 is 0 Å². The largest absolute Gasteiger partial charge is 0.392 e. The molecule has 0 atom stereocenters. The third kappa shape index (κ3) is 10.9. The second-order valence-electron chi connectivity index (χ2n) is 12.8. The summed E-state index contributed by atoms with van der Waals surface area (Å²) in [5.74, 6) is 0.833. The first-order valence-corrected chi connectivity index (χ1v) is 17.1. The van der Waals surface area contributed by atoms with Crippen LogP contribution < -0.4 is 0 Å². The Morgan fingerprint density at radius 2 is 0.957 bits per heavy atom. The predicted molar refractivity (Wildman–Crippen MR) is 197 cm³/mol. The van der Waals surface area contributed by atoms with Crippen molar-refractivity contribution in [1.29, 1.82) is 0 Å². The Balaban J connectivity index is 0.000000185. The van der Waals surface area contributed by atoms with Gasteiger partial charge in [-0.2, -0.15) is 0 Å². The van der Waals surface area contributed by atoms with E-state index in [0.29, 0.717) is 18.2 Å². The lowest BCUT2D eigenvalue weighted by atomic mass is 9.91. The fraction of sp³-hybridized carbons (Fsp3) is 0.349. The van der Waals surface area contributed by atoms with Crippen molar-refractivity contribution in [3.8, 4) is 0 Å². The van der Waals surface area contributed by atoms with Crippen LogP contribution >= 0.6 is 0 Å². The number of hydrogen-bond donors (Lipinski definition) is 1. The van der Waals surface area contributed by atoms with Crippen LogP contribution in [0.15, 0.2) is 145 Å². The highest BCUT2D eigenvalue weighted by Crippen LogP contribution is 2.34. The van der Waals surface area contributed by atoms with Crippen molar-refractivity contribution >= 4 is 0 Å². The monoisotopic (exact) mass is 630 g/mol. The first-order chi connectivity index (χ1) is 22.9. The molecule has 4 heteroatoms. The van der Waals surface area contributed by atoms with Crippen molar-refractivity contribution in [2.75, 3.05) is 39.4 Å². The molecule has 0 spiro atoms. The minimum Gasteiger partial charge on any atom is -0.392 e. The molecule has 0 bridgehead atoms. The maximum Gasteiger partial charge on any atom is 0.0833 e. The van der Waals surface area contributed by atoms with Gasteiger partial charge in [-0.1, -0.05) is 152 Å². The van der Waals surface area contributed by atoms with Gasteiger partial charge in [0, 0.05) is 26.2 Å². The summed E-state index contributed by atoms with van der Waals surface area (Å²) in [6.45, 7) is 15.6. The molecule has 4 aromatic carbocycles. The highest BCUT2D eigenvalue weighted by molar-refractivity contribution is 5.33. The number of rotatable bonds is 10. The summed E-state index contributed by atoms with van der Waals surface area (Å²) in [7, 11) is 0. The van der Waals surface area contributed by atoms with Crippen LogP contribution in [0.1, 0.15) is 69.0 Å². The molecule has 2 heterocycles. The van der Waals surface area contributed by atoms with E-state index in [1.807, 2.05) is 19.9 Å². The summed E-state index contributed by atoms with van der Waals surface area (Å²) in [5, 5.41) is 8.27. The summed E-state index contributed by atoms with van der Waals surface area (Å²) in [6.07, 6.45) is 4.35. The zero-order chi connectivity index (χ0) is 33.4. The van der Waals surface area contributed by atoms with E-state index in [4.69, 9.17) is 9.84 Å². The van der Waals surface area contributed by atoms with Gasteiger partial charge in [0.2, 0.25) is 0 Å². The van der Waals surface area contributed by atoms with Crippen molar-refractivity contribution < 1.29 is 9.84 Å². The molecule has 2 aliphatic rings. The van der Waals surface area contributed by atoms with Crippen molar-refractivity contribution in [3.63, 3.8) is 0 Å². The van der Waals surface area contributed by atoms with Gasteiger partial charge in [0.05, 0.1) is 31.4 Å². The molecule has 0 aliphatic carbocycles. The van der Waals surface area contributed by atoms with Gasteiger partial charge in [-0.15, -0.1) is 0 Å². The van der Waals surface area contributed by atoms with E-state index in [1.165, 1.54) is 40.9 Å². The molecule has 2 saturated heterocycles. The van der Waals surface area contributed by atoms with Gasteiger partial charge >= 0.3 is 0 Å². The highest BCUT2D eigenvalue weighted by Gasteiger charge is 2.34. The lowest BCUT2D eigenvalue weighted by Crippen LogP contribution is -2.53. The van der Waals surface area contributed by atoms with Crippen LogP contribution in [0.2, 0.25) is 0 Å². The molecule has 0 amide bonds. The second kappa shape index (κ2) is 19.1. The molecular weight excluding hydrogens is 576 g/mol. The van der Waals surface area contributed by atoms with Crippen molar-refractivity contribution in [2.45, 2.75) is 52.8 Å². The zero-order valence-corrected chi connectivity index (χ0v) is 29.0. The molecular formula is C43H54N2O2. The Kier molecular flexibility index (Phi) is 14.7. The minimum atomic E-state index is 0.191. The fourth-order valence-corrected chi connectivity index (χ4v) is 5.94. The fourth-order valence-electron chi connectivity index (χ4n) is 5.94. The van der Waals surface area contributed by atoms with E-state index in [2.05, 4.69) is 158 Å². The summed E-state index contributed by atoms with van der Waals surface area (Å²) in [6, 6.07) is 43.9. The summed E-state index contributed by atoms with van der Waals surface area (Å²) in [4.78, 5) is 5.07. The van der Waals surface area contributed by atoms with Crippen LogP contribution in [0.3, 0.4) is 0 Å². The first-order valence-electron chi connectivity index (χ1n) is 17.1. The Morgan fingerprint density at radius 3 is 1.23 bits per heavy atom. The third-order valence-corrected chi connectivity index (χ3v) is 8.94. The topological polar surface area (TPSA) is 35.9 Å². The maximum atomic E-state index is 8.27. The molecule has 2 aliphatic heterocycles. The van der Waals surface area contributed by atoms with Gasteiger partial charge in [-0.25, -0.2) is 0 Å². The summed E-state index contributed by atoms with van der Waals surface area (Å²) in [5.41, 5.74) is 7.82. The molecule has 0 saturated carbocycles. The predicted octanol–water partition coefficient (Wildman–Crippen LogP) is 9.12. The molecule has 47 heavy (non-hydrogen) atoms. The van der Waals surface area contributed by atoms with Gasteiger partial charge < -0.3 is 9.84 Å². The quantitative estimate of drug-likeness (QED) is 0.177. The second-order valence-corrected chi connectivity index (χ2v) is 12.8. The van der Waals surface area contributed by atoms with Crippen molar-refractivity contribution in [3.05, 3.63) is 167 Å². The number of hydrogen-bond acceptors (Lipinski definition) is 4. The normalized spacial score (nSPS) is 16.1. The van der Waals surface area contributed by atoms with E-state index in [9.17, 15) is 0 Å². The number of benzene rings is 4. The van der Waals surface area contributed by atoms with Crippen molar-refractivity contribution in [1.82, 2.24) is 9.80 Å². The Morgan fingerprint density at radius 1 is 0.617 bits per heavy atom. The number of nitrogens with zero attached hydrogens (tertiary/aromatic N) is 2. The van der Waals surface area contributed by atoms with Crippen LogP contribution in [0.5, 0.6) is 0 Å². The van der Waals surface area contributed by atoms with Crippen LogP contribution in [0.4, 0.5) is 0 Å². The minimum absolute atomic E-state index is 0.191. The standard InChI is InChI=1S/C21H25NO.C17H19N.C5H10O/c1-3-17(2)16-23-20-14-22(15-20)21(18-10-6-4-7-11-18)19-12-8-5-9-13-19;1-14-12-18(13-14)17(15-8-4-2-5-9-15)16-10-6-3-7-11-16;1-3-5(2)4-6/h3-13,20-21H,14-16H2,1-2H3;2-11,14,17H,12-13H2,1H3;3,6H,4H2,1-2H3/b17-3+;;5-3+. The number of ether oxygens (including phenoxy) is 1. The maximum absolute atomic E-state index is 8.27. The number of allylic oxidation sites excluding steroid dienone is 2. The highest BCUT2D eigenvalue weighted by atomic mass is 16.5. The Hall–Kier alpha value is -3.80. The SMILES string of the molecule is C/C=C(\C)CO.C/C=C(\C)COC1CN(C(c2ccccc2)c2ccccc2)C1.CC1CN(C(c2ccccc2)c2ccccc2)C1. The summed E-state index contributed by atoms with van der Waals surface area (Å²) >= 11 is 0. The van der Waals surface area contributed by atoms with Crippen LogP contribution in [0, 0.1) is 5.92 Å².